The maximum atomic E-state index is 13.3. The molecule has 1 aliphatic rings. The molecule has 8 heteroatoms. The fraction of sp³-hybridized carbons (Fsp3) is 0.462. The van der Waals surface area contributed by atoms with Gasteiger partial charge in [-0.3, -0.25) is 9.59 Å². The van der Waals surface area contributed by atoms with Crippen LogP contribution >= 0.6 is 15.9 Å². The Morgan fingerprint density at radius 2 is 1.68 bits per heavy atom. The first-order valence-electron chi connectivity index (χ1n) is 11.6. The van der Waals surface area contributed by atoms with Gasteiger partial charge in [-0.15, -0.1) is 0 Å². The van der Waals surface area contributed by atoms with Gasteiger partial charge in [-0.05, 0) is 37.5 Å². The molecular weight excluding hydrogens is 500 g/mol. The van der Waals surface area contributed by atoms with E-state index in [1.165, 1.54) is 6.42 Å². The van der Waals surface area contributed by atoms with Crippen molar-refractivity contribution in [3.05, 3.63) is 52.5 Å². The molecule has 7 nitrogen and oxygen atoms in total. The summed E-state index contributed by atoms with van der Waals surface area (Å²) in [5.74, 6) is 1.15. The maximum Gasteiger partial charge on any atom is 0.261 e. The number of methoxy groups -OCH3 is 2. The summed E-state index contributed by atoms with van der Waals surface area (Å²) in [6, 6.07) is 12.4. The molecule has 0 bridgehead atoms. The van der Waals surface area contributed by atoms with E-state index >= 15 is 0 Å². The smallest absolute Gasteiger partial charge is 0.261 e. The van der Waals surface area contributed by atoms with Crippen LogP contribution in [0.25, 0.3) is 0 Å². The SMILES string of the molecule is COc1cc(OC)cc(OCC(=O)N(Cc2cccc(Br)c2)[C@@H](C)C(=O)NC2CCCCC2)c1. The Kier molecular flexibility index (Phi) is 9.62. The van der Waals surface area contributed by atoms with Crippen LogP contribution in [0.5, 0.6) is 17.2 Å². The van der Waals surface area contributed by atoms with E-state index in [4.69, 9.17) is 14.2 Å². The van der Waals surface area contributed by atoms with Gasteiger partial charge >= 0.3 is 0 Å². The van der Waals surface area contributed by atoms with Crippen molar-refractivity contribution in [2.75, 3.05) is 20.8 Å². The number of hydrogen-bond donors (Lipinski definition) is 1. The second kappa shape index (κ2) is 12.6. The Balaban J connectivity index is 1.73. The summed E-state index contributed by atoms with van der Waals surface area (Å²) in [4.78, 5) is 27.9. The highest BCUT2D eigenvalue weighted by molar-refractivity contribution is 9.10. The van der Waals surface area contributed by atoms with Gasteiger partial charge in [0.15, 0.2) is 6.61 Å². The summed E-state index contributed by atoms with van der Waals surface area (Å²) in [5, 5.41) is 3.14. The molecule has 2 aromatic carbocycles. The van der Waals surface area contributed by atoms with Gasteiger partial charge in [0.05, 0.1) is 14.2 Å². The van der Waals surface area contributed by atoms with Gasteiger partial charge in [-0.2, -0.15) is 0 Å². The molecule has 0 unspecified atom stereocenters. The quantitative estimate of drug-likeness (QED) is 0.479. The minimum atomic E-state index is -0.642. The fourth-order valence-corrected chi connectivity index (χ4v) is 4.52. The highest BCUT2D eigenvalue weighted by atomic mass is 79.9. The lowest BCUT2D eigenvalue weighted by atomic mass is 9.95. The first-order chi connectivity index (χ1) is 16.4. The lowest BCUT2D eigenvalue weighted by Crippen LogP contribution is -2.51. The predicted molar refractivity (Wildman–Crippen MR) is 134 cm³/mol. The van der Waals surface area contributed by atoms with Crippen molar-refractivity contribution >= 4 is 27.7 Å². The maximum absolute atomic E-state index is 13.3. The van der Waals surface area contributed by atoms with Crippen molar-refractivity contribution in [1.29, 1.82) is 0 Å². The number of nitrogens with one attached hydrogen (secondary N) is 1. The van der Waals surface area contributed by atoms with Crippen LogP contribution in [0.2, 0.25) is 0 Å². The average molecular weight is 533 g/mol. The zero-order valence-electron chi connectivity index (χ0n) is 20.0. The molecule has 3 rings (SSSR count). The van der Waals surface area contributed by atoms with Crippen LogP contribution in [0.15, 0.2) is 46.9 Å². The number of amides is 2. The van der Waals surface area contributed by atoms with Crippen molar-refractivity contribution in [2.45, 2.75) is 57.7 Å². The van der Waals surface area contributed by atoms with E-state index in [1.54, 1.807) is 44.2 Å². The summed E-state index contributed by atoms with van der Waals surface area (Å²) in [6.07, 6.45) is 5.43. The van der Waals surface area contributed by atoms with E-state index < -0.39 is 6.04 Å². The summed E-state index contributed by atoms with van der Waals surface area (Å²) in [6.45, 7) is 1.84. The Labute approximate surface area is 209 Å². The molecule has 1 fully saturated rings. The second-order valence-electron chi connectivity index (χ2n) is 8.51. The van der Waals surface area contributed by atoms with E-state index in [0.29, 0.717) is 23.8 Å². The largest absolute Gasteiger partial charge is 0.496 e. The second-order valence-corrected chi connectivity index (χ2v) is 9.42. The fourth-order valence-electron chi connectivity index (χ4n) is 4.08. The number of carbonyl (C=O) groups excluding carboxylic acids is 2. The molecule has 2 aromatic rings. The molecule has 0 radical (unpaired) electrons. The van der Waals surface area contributed by atoms with Crippen molar-refractivity contribution in [1.82, 2.24) is 10.2 Å². The Morgan fingerprint density at radius 3 is 2.29 bits per heavy atom. The summed E-state index contributed by atoms with van der Waals surface area (Å²) >= 11 is 3.48. The van der Waals surface area contributed by atoms with Crippen molar-refractivity contribution in [2.24, 2.45) is 0 Å². The van der Waals surface area contributed by atoms with Crippen LogP contribution in [0.1, 0.15) is 44.6 Å². The minimum Gasteiger partial charge on any atom is -0.496 e. The molecule has 1 aliphatic carbocycles. The highest BCUT2D eigenvalue weighted by Crippen LogP contribution is 2.27. The molecule has 1 atom stereocenters. The van der Waals surface area contributed by atoms with Crippen molar-refractivity contribution in [3.63, 3.8) is 0 Å². The third kappa shape index (κ3) is 7.38. The average Bonchev–Trinajstić information content (AvgIpc) is 2.85. The molecule has 0 saturated heterocycles. The number of rotatable bonds is 10. The molecule has 0 aromatic heterocycles. The number of carbonyl (C=O) groups is 2. The van der Waals surface area contributed by atoms with Crippen LogP contribution in [0.4, 0.5) is 0 Å². The highest BCUT2D eigenvalue weighted by Gasteiger charge is 2.28. The molecule has 184 valence electrons. The molecular formula is C26H33BrN2O5. The third-order valence-electron chi connectivity index (χ3n) is 6.05. The molecule has 0 heterocycles. The van der Waals surface area contributed by atoms with Crippen LogP contribution in [0, 0.1) is 0 Å². The van der Waals surface area contributed by atoms with Crippen LogP contribution < -0.4 is 19.5 Å². The van der Waals surface area contributed by atoms with E-state index in [1.807, 2.05) is 24.3 Å². The topological polar surface area (TPSA) is 77.1 Å². The van der Waals surface area contributed by atoms with Crippen molar-refractivity contribution < 1.29 is 23.8 Å². The van der Waals surface area contributed by atoms with Crippen LogP contribution in [-0.4, -0.2) is 49.6 Å². The van der Waals surface area contributed by atoms with Gasteiger partial charge in [0.25, 0.3) is 5.91 Å². The Hall–Kier alpha value is -2.74. The molecule has 1 saturated carbocycles. The van der Waals surface area contributed by atoms with Gasteiger partial charge < -0.3 is 24.4 Å². The van der Waals surface area contributed by atoms with E-state index in [9.17, 15) is 9.59 Å². The lowest BCUT2D eigenvalue weighted by Gasteiger charge is -2.31. The van der Waals surface area contributed by atoms with Gasteiger partial charge in [0, 0.05) is 35.3 Å². The number of benzene rings is 2. The van der Waals surface area contributed by atoms with Gasteiger partial charge in [-0.1, -0.05) is 47.3 Å². The van der Waals surface area contributed by atoms with E-state index in [0.717, 1.165) is 35.7 Å². The third-order valence-corrected chi connectivity index (χ3v) is 6.54. The van der Waals surface area contributed by atoms with Gasteiger partial charge in [0.1, 0.15) is 23.3 Å². The lowest BCUT2D eigenvalue weighted by molar-refractivity contribution is -0.142. The number of nitrogens with zero attached hydrogens (tertiary/aromatic N) is 1. The summed E-state index contributed by atoms with van der Waals surface area (Å²) < 4.78 is 17.2. The van der Waals surface area contributed by atoms with Crippen molar-refractivity contribution in [3.8, 4) is 17.2 Å². The predicted octanol–water partition coefficient (Wildman–Crippen LogP) is 4.71. The number of ether oxygens (including phenoxy) is 3. The Morgan fingerprint density at radius 1 is 1.03 bits per heavy atom. The molecule has 0 aliphatic heterocycles. The van der Waals surface area contributed by atoms with Gasteiger partial charge in [-0.25, -0.2) is 0 Å². The summed E-state index contributed by atoms with van der Waals surface area (Å²) in [7, 11) is 3.10. The monoisotopic (exact) mass is 532 g/mol. The number of halogens is 1. The van der Waals surface area contributed by atoms with Gasteiger partial charge in [0.2, 0.25) is 5.91 Å². The first-order valence-corrected chi connectivity index (χ1v) is 12.4. The zero-order valence-corrected chi connectivity index (χ0v) is 21.6. The summed E-state index contributed by atoms with van der Waals surface area (Å²) in [5.41, 5.74) is 0.920. The van der Waals surface area contributed by atoms with E-state index in [2.05, 4.69) is 21.2 Å². The van der Waals surface area contributed by atoms with Crippen LogP contribution in [-0.2, 0) is 16.1 Å². The van der Waals surface area contributed by atoms with E-state index in [-0.39, 0.29) is 24.5 Å². The van der Waals surface area contributed by atoms with Crippen LogP contribution in [0.3, 0.4) is 0 Å². The number of hydrogen-bond acceptors (Lipinski definition) is 5. The normalized spacial score (nSPS) is 14.7. The first kappa shape index (κ1) is 25.9. The standard InChI is InChI=1S/C26H33BrN2O5/c1-18(26(31)28-21-10-5-4-6-11-21)29(16-19-8-7-9-20(27)12-19)25(30)17-34-24-14-22(32-2)13-23(15-24)33-3/h7-9,12-15,18,21H,4-6,10-11,16-17H2,1-3H3,(H,28,31)/t18-/m0/s1. The molecule has 0 spiro atoms. The molecule has 34 heavy (non-hydrogen) atoms. The Bertz CT molecular complexity index is 955. The molecule has 1 N–H and O–H groups in total. The minimum absolute atomic E-state index is 0.140. The zero-order chi connectivity index (χ0) is 24.5. The molecule has 2 amide bonds.